The lowest BCUT2D eigenvalue weighted by molar-refractivity contribution is 0.107. The number of benzene rings is 2. The van der Waals surface area contributed by atoms with Gasteiger partial charge in [-0.05, 0) is 75.4 Å². The van der Waals surface area contributed by atoms with Crippen LogP contribution in [-0.4, -0.2) is 101 Å². The number of anilines is 2. The summed E-state index contributed by atoms with van der Waals surface area (Å²) in [5.41, 5.74) is 6.76. The Morgan fingerprint density at radius 3 is 2.59 bits per heavy atom. The molecule has 1 amide bonds. The molecule has 10 nitrogen and oxygen atoms in total. The quantitative estimate of drug-likeness (QED) is 0.300. The van der Waals surface area contributed by atoms with Crippen LogP contribution in [0.1, 0.15) is 32.1 Å². The Morgan fingerprint density at radius 2 is 1.89 bits per heavy atom. The monoisotopic (exact) mass is 626 g/mol. The van der Waals surface area contributed by atoms with Gasteiger partial charge in [-0.1, -0.05) is 6.07 Å². The number of hydrogen-bond acceptors (Lipinski definition) is 8. The van der Waals surface area contributed by atoms with Crippen molar-refractivity contribution in [3.63, 3.8) is 0 Å². The average Bonchev–Trinajstić information content (AvgIpc) is 3.58. The zero-order chi connectivity index (χ0) is 31.0. The number of ether oxygens (including phenoxy) is 1. The van der Waals surface area contributed by atoms with Crippen molar-refractivity contribution in [2.24, 2.45) is 0 Å². The van der Waals surface area contributed by atoms with E-state index in [1.54, 1.807) is 43.7 Å². The second kappa shape index (κ2) is 10.5. The lowest BCUT2D eigenvalue weighted by Crippen LogP contribution is -2.55. The number of fused-ring (bicyclic) bond motifs is 4. The highest BCUT2D eigenvalue weighted by Gasteiger charge is 2.49. The third kappa shape index (κ3) is 4.86. The molecule has 4 aliphatic rings. The van der Waals surface area contributed by atoms with Crippen LogP contribution in [-0.2, 0) is 4.57 Å². The van der Waals surface area contributed by atoms with Crippen molar-refractivity contribution in [3.05, 3.63) is 36.1 Å². The van der Waals surface area contributed by atoms with E-state index in [1.807, 2.05) is 4.90 Å². The first-order chi connectivity index (χ1) is 20.9. The van der Waals surface area contributed by atoms with Crippen molar-refractivity contribution in [1.29, 1.82) is 0 Å². The number of carbonyl (C=O) groups is 1. The largest absolute Gasteiger partial charge is 0.465 e. The van der Waals surface area contributed by atoms with E-state index >= 15 is 4.39 Å². The minimum atomic E-state index is -2.80. The molecule has 2 bridgehead atoms. The first-order valence-electron chi connectivity index (χ1n) is 15.2. The lowest BCUT2D eigenvalue weighted by atomic mass is 9.95. The fraction of sp³-hybridized carbons (Fsp3) is 0.516. The number of nitrogen functional groups attached to an aromatic ring is 1. The summed E-state index contributed by atoms with van der Waals surface area (Å²) in [7, 11) is -2.80. The Bertz CT molecular complexity index is 1690. The number of amides is 1. The van der Waals surface area contributed by atoms with E-state index in [0.717, 1.165) is 32.2 Å². The third-order valence-corrected chi connectivity index (χ3v) is 11.4. The average molecular weight is 627 g/mol. The molecular formula is C31H37F2N6O4P. The first kappa shape index (κ1) is 29.2. The molecule has 7 rings (SSSR count). The summed E-state index contributed by atoms with van der Waals surface area (Å²) in [5.74, 6) is -0.147. The van der Waals surface area contributed by atoms with Crippen LogP contribution in [0.4, 0.5) is 25.1 Å². The smallest absolute Gasteiger partial charge is 0.407 e. The molecule has 2 aromatic carbocycles. The van der Waals surface area contributed by atoms with Gasteiger partial charge in [0.05, 0.1) is 17.6 Å². The van der Waals surface area contributed by atoms with Crippen LogP contribution in [0.3, 0.4) is 0 Å². The number of carboxylic acid groups (broad SMARTS) is 1. The summed E-state index contributed by atoms with van der Waals surface area (Å²) < 4.78 is 50.5. The van der Waals surface area contributed by atoms with Crippen molar-refractivity contribution < 1.29 is 28.0 Å². The summed E-state index contributed by atoms with van der Waals surface area (Å²) in [4.78, 5) is 26.9. The normalized spacial score (nSPS) is 26.9. The van der Waals surface area contributed by atoms with Gasteiger partial charge in [0, 0.05) is 48.0 Å². The van der Waals surface area contributed by atoms with E-state index in [1.165, 1.54) is 4.90 Å². The molecule has 0 radical (unpaired) electrons. The maximum Gasteiger partial charge on any atom is 0.407 e. The van der Waals surface area contributed by atoms with Crippen molar-refractivity contribution in [3.8, 4) is 17.1 Å². The molecular weight excluding hydrogens is 589 g/mol. The predicted octanol–water partition coefficient (Wildman–Crippen LogP) is 4.55. The highest BCUT2D eigenvalue weighted by molar-refractivity contribution is 7.70. The first-order valence-corrected chi connectivity index (χ1v) is 17.8. The van der Waals surface area contributed by atoms with Gasteiger partial charge in [-0.2, -0.15) is 9.97 Å². The Morgan fingerprint density at radius 1 is 1.14 bits per heavy atom. The van der Waals surface area contributed by atoms with Crippen molar-refractivity contribution in [2.75, 3.05) is 56.7 Å². The molecule has 4 fully saturated rings. The van der Waals surface area contributed by atoms with Gasteiger partial charge in [0.2, 0.25) is 0 Å². The van der Waals surface area contributed by atoms with Crippen molar-refractivity contribution >= 4 is 40.9 Å². The second-order valence-electron chi connectivity index (χ2n) is 13.1. The van der Waals surface area contributed by atoms with Crippen LogP contribution in [0.2, 0.25) is 0 Å². The van der Waals surface area contributed by atoms with Crippen LogP contribution >= 0.6 is 7.14 Å². The van der Waals surface area contributed by atoms with Gasteiger partial charge in [-0.25, -0.2) is 13.6 Å². The Kier molecular flexibility index (Phi) is 7.01. The van der Waals surface area contributed by atoms with E-state index in [2.05, 4.69) is 9.88 Å². The highest BCUT2D eigenvalue weighted by atomic mass is 31.2. The molecule has 0 saturated carbocycles. The molecule has 3 aromatic rings. The van der Waals surface area contributed by atoms with Crippen LogP contribution in [0.15, 0.2) is 30.3 Å². The number of nitrogens with zero attached hydrogens (tertiary/aromatic N) is 5. The minimum absolute atomic E-state index is 0.00968. The molecule has 0 unspecified atom stereocenters. The number of halogens is 2. The van der Waals surface area contributed by atoms with Crippen molar-refractivity contribution in [2.45, 2.75) is 55.9 Å². The van der Waals surface area contributed by atoms with Crippen molar-refractivity contribution in [1.82, 2.24) is 19.8 Å². The molecule has 234 valence electrons. The van der Waals surface area contributed by atoms with E-state index in [4.69, 9.17) is 15.5 Å². The summed E-state index contributed by atoms with van der Waals surface area (Å²) in [6, 6.07) is 7.94. The summed E-state index contributed by atoms with van der Waals surface area (Å²) in [6.07, 6.45) is 1.76. The number of rotatable bonds is 6. The molecule has 0 aliphatic carbocycles. The van der Waals surface area contributed by atoms with Gasteiger partial charge in [-0.3, -0.25) is 9.80 Å². The molecule has 4 saturated heterocycles. The van der Waals surface area contributed by atoms with Gasteiger partial charge >= 0.3 is 12.1 Å². The standard InChI is InChI=1S/C31H37F2N6O4P/c1-44(2,42)25-9-4-19(34)12-24(25)22-7-8-23-27(26(22)33)35-29(43-17-31-10-3-11-38(31)14-18(32)13-31)36-28(23)37-15-20-5-6-21(16-37)39(20)30(40)41/h4,7-9,12,18,20-21H,3,5-6,10-11,13-17,34H2,1-2H3,(H,40,41)/t18-,20-,21+,31+/m1/s1. The molecule has 0 spiro atoms. The van der Waals surface area contributed by atoms with E-state index in [0.29, 0.717) is 53.8 Å². The molecule has 13 heteroatoms. The molecule has 5 heterocycles. The van der Waals surface area contributed by atoms with E-state index < -0.39 is 30.8 Å². The Hall–Kier alpha value is -3.50. The van der Waals surface area contributed by atoms with Crippen LogP contribution < -0.4 is 20.7 Å². The maximum absolute atomic E-state index is 16.7. The fourth-order valence-electron chi connectivity index (χ4n) is 7.91. The molecule has 1 aromatic heterocycles. The van der Waals surface area contributed by atoms with Gasteiger partial charge in [0.1, 0.15) is 31.3 Å². The van der Waals surface area contributed by atoms with E-state index in [9.17, 15) is 18.9 Å². The Labute approximate surface area is 254 Å². The number of aromatic nitrogens is 2. The lowest BCUT2D eigenvalue weighted by Gasteiger charge is -2.40. The number of nitrogens with two attached hydrogens (primary N) is 1. The minimum Gasteiger partial charge on any atom is -0.465 e. The molecule has 3 N–H and O–H groups in total. The summed E-state index contributed by atoms with van der Waals surface area (Å²) >= 11 is 0. The van der Waals surface area contributed by atoms with Crippen LogP contribution in [0, 0.1) is 5.82 Å². The molecule has 4 atom stereocenters. The number of alkyl halides is 1. The maximum atomic E-state index is 16.7. The molecule has 44 heavy (non-hydrogen) atoms. The van der Waals surface area contributed by atoms with Gasteiger partial charge in [-0.15, -0.1) is 0 Å². The van der Waals surface area contributed by atoms with Gasteiger partial charge in [0.15, 0.2) is 5.82 Å². The zero-order valence-electron chi connectivity index (χ0n) is 24.9. The van der Waals surface area contributed by atoms with Gasteiger partial charge in [0.25, 0.3) is 0 Å². The van der Waals surface area contributed by atoms with E-state index in [-0.39, 0.29) is 35.8 Å². The highest BCUT2D eigenvalue weighted by Crippen LogP contribution is 2.43. The van der Waals surface area contributed by atoms with Crippen LogP contribution in [0.5, 0.6) is 6.01 Å². The summed E-state index contributed by atoms with van der Waals surface area (Å²) in [6.45, 7) is 5.46. The summed E-state index contributed by atoms with van der Waals surface area (Å²) in [5, 5.41) is 10.8. The molecule has 4 aliphatic heterocycles. The predicted molar refractivity (Wildman–Crippen MR) is 166 cm³/mol. The fourth-order valence-corrected chi connectivity index (χ4v) is 9.11. The zero-order valence-corrected chi connectivity index (χ0v) is 25.8. The third-order valence-electron chi connectivity index (χ3n) is 9.89. The number of piperazine rings is 1. The van der Waals surface area contributed by atoms with Gasteiger partial charge < -0.3 is 25.0 Å². The SMILES string of the molecule is CP(C)(=O)c1ccc(N)cc1-c1ccc2c(N3C[C@H]4CC[C@@H](C3)N4C(=O)O)nc(OC[C@@]34CCCN3C[C@H](F)C4)nc2c1F. The van der Waals surface area contributed by atoms with Crippen LogP contribution in [0.25, 0.3) is 22.0 Å². The number of hydrogen-bond donors (Lipinski definition) is 2. The Balaban J connectivity index is 1.33. The second-order valence-corrected chi connectivity index (χ2v) is 16.3. The topological polar surface area (TPSA) is 125 Å².